The molecule has 4 heteroatoms. The van der Waals surface area contributed by atoms with Gasteiger partial charge in [0, 0.05) is 30.1 Å². The number of hydrogen-bond acceptors (Lipinski definition) is 4. The van der Waals surface area contributed by atoms with Crippen LogP contribution in [0.25, 0.3) is 0 Å². The minimum atomic E-state index is 0.749. The van der Waals surface area contributed by atoms with Crippen molar-refractivity contribution >= 4 is 17.0 Å². The normalized spacial score (nSPS) is 13.8. The summed E-state index contributed by atoms with van der Waals surface area (Å²) in [7, 11) is 2.15. The van der Waals surface area contributed by atoms with E-state index < -0.39 is 0 Å². The van der Waals surface area contributed by atoms with Gasteiger partial charge >= 0.3 is 0 Å². The van der Waals surface area contributed by atoms with Crippen molar-refractivity contribution in [2.75, 3.05) is 25.5 Å². The number of nitrogens with zero attached hydrogens (tertiary/aromatic N) is 1. The summed E-state index contributed by atoms with van der Waals surface area (Å²) in [6, 6.07) is 10.6. The van der Waals surface area contributed by atoms with Crippen molar-refractivity contribution in [3.63, 3.8) is 0 Å². The highest BCUT2D eigenvalue weighted by Crippen LogP contribution is 2.32. The number of anilines is 1. The summed E-state index contributed by atoms with van der Waals surface area (Å²) in [6.07, 6.45) is 0. The molecule has 0 bridgehead atoms. The van der Waals surface area contributed by atoms with Gasteiger partial charge in [0.25, 0.3) is 0 Å². The van der Waals surface area contributed by atoms with Crippen LogP contribution in [0.5, 0.6) is 5.75 Å². The molecule has 19 heavy (non-hydrogen) atoms. The fourth-order valence-electron chi connectivity index (χ4n) is 2.37. The first-order valence-corrected chi connectivity index (χ1v) is 7.40. The quantitative estimate of drug-likeness (QED) is 0.926. The van der Waals surface area contributed by atoms with Crippen molar-refractivity contribution in [1.29, 1.82) is 0 Å². The number of thiophene rings is 1. The SMILES string of the molecule is CN(Cc1cccs1)Cc1cccc2c1OCCN2. The van der Waals surface area contributed by atoms with Gasteiger partial charge in [-0.15, -0.1) is 11.3 Å². The fraction of sp³-hybridized carbons (Fsp3) is 0.333. The summed E-state index contributed by atoms with van der Waals surface area (Å²) in [5.41, 5.74) is 2.37. The first-order valence-electron chi connectivity index (χ1n) is 6.52. The molecule has 0 unspecified atom stereocenters. The lowest BCUT2D eigenvalue weighted by Crippen LogP contribution is -2.22. The zero-order chi connectivity index (χ0) is 13.1. The van der Waals surface area contributed by atoms with Crippen LogP contribution < -0.4 is 10.1 Å². The molecule has 0 saturated carbocycles. The summed E-state index contributed by atoms with van der Waals surface area (Å²) in [6.45, 7) is 3.53. The van der Waals surface area contributed by atoms with Crippen LogP contribution in [0, 0.1) is 0 Å². The summed E-state index contributed by atoms with van der Waals surface area (Å²) >= 11 is 1.81. The molecule has 2 aromatic rings. The molecule has 3 nitrogen and oxygen atoms in total. The van der Waals surface area contributed by atoms with Crippen LogP contribution >= 0.6 is 11.3 Å². The Morgan fingerprint density at radius 2 is 2.21 bits per heavy atom. The Morgan fingerprint density at radius 1 is 1.26 bits per heavy atom. The Hall–Kier alpha value is -1.52. The van der Waals surface area contributed by atoms with Crippen molar-refractivity contribution in [2.45, 2.75) is 13.1 Å². The van der Waals surface area contributed by atoms with Crippen LogP contribution in [0.3, 0.4) is 0 Å². The molecule has 0 aliphatic carbocycles. The standard InChI is InChI=1S/C15H18N2OS/c1-17(11-13-5-3-9-19-13)10-12-4-2-6-14-15(12)18-8-7-16-14/h2-6,9,16H,7-8,10-11H2,1H3. The second kappa shape index (κ2) is 5.63. The average Bonchev–Trinajstić information content (AvgIpc) is 2.92. The van der Waals surface area contributed by atoms with Crippen molar-refractivity contribution < 1.29 is 4.74 Å². The van der Waals surface area contributed by atoms with Crippen LogP contribution in [0.1, 0.15) is 10.4 Å². The van der Waals surface area contributed by atoms with Gasteiger partial charge in [0.15, 0.2) is 0 Å². The first kappa shape index (κ1) is 12.5. The predicted octanol–water partition coefficient (Wildman–Crippen LogP) is 3.18. The van der Waals surface area contributed by atoms with E-state index in [0.29, 0.717) is 0 Å². The third kappa shape index (κ3) is 2.91. The Morgan fingerprint density at radius 3 is 3.05 bits per heavy atom. The van der Waals surface area contributed by atoms with Gasteiger partial charge in [0.2, 0.25) is 0 Å². The number of rotatable bonds is 4. The number of ether oxygens (including phenoxy) is 1. The van der Waals surface area contributed by atoms with Crippen LogP contribution in [0.15, 0.2) is 35.7 Å². The van der Waals surface area contributed by atoms with E-state index in [1.165, 1.54) is 10.4 Å². The monoisotopic (exact) mass is 274 g/mol. The Bertz CT molecular complexity index is 539. The highest BCUT2D eigenvalue weighted by atomic mass is 32.1. The van der Waals surface area contributed by atoms with E-state index in [-0.39, 0.29) is 0 Å². The Kier molecular flexibility index (Phi) is 3.71. The van der Waals surface area contributed by atoms with Crippen molar-refractivity contribution in [3.8, 4) is 5.75 Å². The second-order valence-corrected chi connectivity index (χ2v) is 5.85. The van der Waals surface area contributed by atoms with Gasteiger partial charge in [-0.25, -0.2) is 0 Å². The van der Waals surface area contributed by atoms with Crippen molar-refractivity contribution in [2.24, 2.45) is 0 Å². The molecule has 3 rings (SSSR count). The summed E-state index contributed by atoms with van der Waals surface area (Å²) in [5, 5.41) is 5.51. The van der Waals surface area contributed by atoms with Gasteiger partial charge in [-0.3, -0.25) is 4.90 Å². The predicted molar refractivity (Wildman–Crippen MR) is 79.9 cm³/mol. The van der Waals surface area contributed by atoms with E-state index in [1.54, 1.807) is 11.3 Å². The van der Waals surface area contributed by atoms with E-state index in [1.807, 2.05) is 0 Å². The average molecular weight is 274 g/mol. The molecular weight excluding hydrogens is 256 g/mol. The Labute approximate surface area is 117 Å². The molecule has 0 fully saturated rings. The molecule has 0 amide bonds. The highest BCUT2D eigenvalue weighted by molar-refractivity contribution is 7.09. The Balaban J connectivity index is 1.72. The smallest absolute Gasteiger partial charge is 0.146 e. The van der Waals surface area contributed by atoms with Crippen molar-refractivity contribution in [3.05, 3.63) is 46.2 Å². The molecule has 0 saturated heterocycles. The molecule has 0 radical (unpaired) electrons. The zero-order valence-corrected chi connectivity index (χ0v) is 11.9. The summed E-state index contributed by atoms with van der Waals surface area (Å²) in [4.78, 5) is 3.71. The number of para-hydroxylation sites is 1. The molecular formula is C15H18N2OS. The molecule has 1 aromatic heterocycles. The summed E-state index contributed by atoms with van der Waals surface area (Å²) < 4.78 is 5.80. The van der Waals surface area contributed by atoms with Crippen molar-refractivity contribution in [1.82, 2.24) is 4.90 Å². The number of hydrogen-bond donors (Lipinski definition) is 1. The van der Waals surface area contributed by atoms with Crippen LogP contribution in [-0.2, 0) is 13.1 Å². The minimum absolute atomic E-state index is 0.749. The van der Waals surface area contributed by atoms with E-state index in [2.05, 4.69) is 53.0 Å². The molecule has 1 N–H and O–H groups in total. The maximum atomic E-state index is 5.80. The molecule has 2 heterocycles. The third-order valence-electron chi connectivity index (χ3n) is 3.21. The topological polar surface area (TPSA) is 24.5 Å². The minimum Gasteiger partial charge on any atom is -0.489 e. The van der Waals surface area contributed by atoms with Gasteiger partial charge in [-0.05, 0) is 24.6 Å². The third-order valence-corrected chi connectivity index (χ3v) is 4.07. The second-order valence-electron chi connectivity index (χ2n) is 4.82. The lowest BCUT2D eigenvalue weighted by Gasteiger charge is -2.24. The first-order chi connectivity index (χ1) is 9.33. The lowest BCUT2D eigenvalue weighted by atomic mass is 10.1. The number of benzene rings is 1. The molecule has 1 aliphatic rings. The van der Waals surface area contributed by atoms with Crippen LogP contribution in [-0.4, -0.2) is 25.1 Å². The molecule has 0 atom stereocenters. The van der Waals surface area contributed by atoms with E-state index in [4.69, 9.17) is 4.74 Å². The zero-order valence-electron chi connectivity index (χ0n) is 11.1. The summed E-state index contributed by atoms with van der Waals surface area (Å²) in [5.74, 6) is 1.02. The lowest BCUT2D eigenvalue weighted by molar-refractivity contribution is 0.292. The largest absolute Gasteiger partial charge is 0.489 e. The van der Waals surface area contributed by atoms with E-state index in [0.717, 1.165) is 37.7 Å². The molecule has 1 aliphatic heterocycles. The van der Waals surface area contributed by atoms with E-state index in [9.17, 15) is 0 Å². The fourth-order valence-corrected chi connectivity index (χ4v) is 3.16. The molecule has 100 valence electrons. The molecule has 1 aromatic carbocycles. The van der Waals surface area contributed by atoms with Crippen LogP contribution in [0.2, 0.25) is 0 Å². The van der Waals surface area contributed by atoms with Gasteiger partial charge in [0.05, 0.1) is 5.69 Å². The maximum Gasteiger partial charge on any atom is 0.146 e. The number of fused-ring (bicyclic) bond motifs is 1. The van der Waals surface area contributed by atoms with Crippen LogP contribution in [0.4, 0.5) is 5.69 Å². The maximum absolute atomic E-state index is 5.80. The van der Waals surface area contributed by atoms with Gasteiger partial charge in [-0.1, -0.05) is 18.2 Å². The number of nitrogens with one attached hydrogen (secondary N) is 1. The van der Waals surface area contributed by atoms with Gasteiger partial charge < -0.3 is 10.1 Å². The molecule has 0 spiro atoms. The van der Waals surface area contributed by atoms with Gasteiger partial charge in [-0.2, -0.15) is 0 Å². The van der Waals surface area contributed by atoms with E-state index >= 15 is 0 Å². The van der Waals surface area contributed by atoms with Gasteiger partial charge in [0.1, 0.15) is 12.4 Å². The highest BCUT2D eigenvalue weighted by Gasteiger charge is 2.15.